The summed E-state index contributed by atoms with van der Waals surface area (Å²) in [5, 5.41) is 3.36. The van der Waals surface area contributed by atoms with E-state index in [1.807, 2.05) is 6.92 Å². The third-order valence-corrected chi connectivity index (χ3v) is 6.20. The number of rotatable bonds is 8. The third kappa shape index (κ3) is 5.17. The van der Waals surface area contributed by atoms with Crippen molar-refractivity contribution >= 4 is 5.96 Å². The Kier molecular flexibility index (Phi) is 7.57. The number of likely N-dealkylation sites (tertiary alicyclic amines) is 1. The first-order valence-corrected chi connectivity index (χ1v) is 10.8. The van der Waals surface area contributed by atoms with Gasteiger partial charge >= 0.3 is 0 Å². The van der Waals surface area contributed by atoms with Crippen LogP contribution < -0.4 is 15.8 Å². The first kappa shape index (κ1) is 20.9. The molecule has 6 nitrogen and oxygen atoms in total. The average molecular weight is 389 g/mol. The number of hydrogen-bond acceptors (Lipinski definition) is 4. The summed E-state index contributed by atoms with van der Waals surface area (Å²) in [6.45, 7) is 10.3. The van der Waals surface area contributed by atoms with Gasteiger partial charge in [0.05, 0.1) is 13.2 Å². The highest BCUT2D eigenvalue weighted by Crippen LogP contribution is 2.36. The number of ether oxygens (including phenoxy) is 2. The molecule has 28 heavy (non-hydrogen) atoms. The molecular weight excluding hydrogens is 352 g/mol. The molecule has 2 aliphatic rings. The molecule has 1 aromatic rings. The Hall–Kier alpha value is -1.79. The van der Waals surface area contributed by atoms with Gasteiger partial charge in [-0.3, -0.25) is 9.89 Å². The van der Waals surface area contributed by atoms with E-state index in [2.05, 4.69) is 41.4 Å². The lowest BCUT2D eigenvalue weighted by atomic mass is 9.74. The zero-order chi connectivity index (χ0) is 19.8. The fraction of sp³-hybridized carbons (Fsp3) is 0.682. The van der Waals surface area contributed by atoms with Crippen molar-refractivity contribution in [2.75, 3.05) is 46.0 Å². The second kappa shape index (κ2) is 10.1. The molecule has 1 unspecified atom stereocenters. The highest BCUT2D eigenvalue weighted by Gasteiger charge is 2.34. The van der Waals surface area contributed by atoms with Crippen LogP contribution in [0.2, 0.25) is 0 Å². The largest absolute Gasteiger partial charge is 0.494 e. The smallest absolute Gasteiger partial charge is 0.188 e. The second-order valence-corrected chi connectivity index (χ2v) is 7.86. The summed E-state index contributed by atoms with van der Waals surface area (Å²) in [6.07, 6.45) is 4.44. The van der Waals surface area contributed by atoms with Gasteiger partial charge in [0.1, 0.15) is 5.75 Å². The molecule has 2 heterocycles. The molecule has 0 amide bonds. The number of nitrogens with zero attached hydrogens (tertiary/aromatic N) is 2. The Morgan fingerprint density at radius 3 is 2.71 bits per heavy atom. The van der Waals surface area contributed by atoms with E-state index in [4.69, 9.17) is 20.2 Å². The molecular formula is C22H36N4O2. The summed E-state index contributed by atoms with van der Waals surface area (Å²) in [6, 6.07) is 9.03. The quantitative estimate of drug-likeness (QED) is 0.529. The van der Waals surface area contributed by atoms with E-state index < -0.39 is 0 Å². The first-order valence-electron chi connectivity index (χ1n) is 10.8. The Balaban J connectivity index is 1.63. The molecule has 0 spiro atoms. The number of aliphatic imine (C=N–C) groups is 1. The highest BCUT2D eigenvalue weighted by molar-refractivity contribution is 5.77. The van der Waals surface area contributed by atoms with Crippen molar-refractivity contribution in [3.8, 4) is 5.75 Å². The van der Waals surface area contributed by atoms with Crippen molar-refractivity contribution in [1.29, 1.82) is 0 Å². The summed E-state index contributed by atoms with van der Waals surface area (Å²) in [5.74, 6) is 1.47. The second-order valence-electron chi connectivity index (χ2n) is 7.86. The van der Waals surface area contributed by atoms with Crippen LogP contribution in [0.4, 0.5) is 0 Å². The van der Waals surface area contributed by atoms with Crippen LogP contribution >= 0.6 is 0 Å². The van der Waals surface area contributed by atoms with Crippen LogP contribution in [0, 0.1) is 0 Å². The molecule has 1 aromatic carbocycles. The maximum atomic E-state index is 6.23. The van der Waals surface area contributed by atoms with Gasteiger partial charge in [0.2, 0.25) is 0 Å². The van der Waals surface area contributed by atoms with Crippen LogP contribution in [0.1, 0.15) is 45.1 Å². The molecule has 0 radical (unpaired) electrons. The van der Waals surface area contributed by atoms with E-state index >= 15 is 0 Å². The maximum absolute atomic E-state index is 6.23. The molecule has 2 saturated heterocycles. The Bertz CT molecular complexity index is 626. The summed E-state index contributed by atoms with van der Waals surface area (Å²) < 4.78 is 11.2. The lowest BCUT2D eigenvalue weighted by Gasteiger charge is -2.36. The van der Waals surface area contributed by atoms with E-state index in [1.54, 1.807) is 0 Å². The van der Waals surface area contributed by atoms with Crippen LogP contribution in [-0.4, -0.2) is 62.9 Å². The van der Waals surface area contributed by atoms with Crippen LogP contribution in [0.25, 0.3) is 0 Å². The van der Waals surface area contributed by atoms with E-state index in [0.29, 0.717) is 25.2 Å². The van der Waals surface area contributed by atoms with Crippen molar-refractivity contribution in [2.45, 2.75) is 51.0 Å². The third-order valence-electron chi connectivity index (χ3n) is 6.20. The van der Waals surface area contributed by atoms with Crippen LogP contribution in [0.5, 0.6) is 5.75 Å². The first-order chi connectivity index (χ1) is 13.7. The Morgan fingerprint density at radius 2 is 2.04 bits per heavy atom. The van der Waals surface area contributed by atoms with Gasteiger partial charge in [-0.2, -0.15) is 0 Å². The lowest BCUT2D eigenvalue weighted by molar-refractivity contribution is 0.0531. The predicted octanol–water partition coefficient (Wildman–Crippen LogP) is 2.52. The fourth-order valence-electron chi connectivity index (χ4n) is 4.43. The zero-order valence-electron chi connectivity index (χ0n) is 17.5. The Labute approximate surface area is 169 Å². The summed E-state index contributed by atoms with van der Waals surface area (Å²) in [7, 11) is 0. The maximum Gasteiger partial charge on any atom is 0.188 e. The van der Waals surface area contributed by atoms with Crippen LogP contribution in [-0.2, 0) is 10.2 Å². The molecule has 2 aliphatic heterocycles. The van der Waals surface area contributed by atoms with Crippen molar-refractivity contribution in [2.24, 2.45) is 10.7 Å². The van der Waals surface area contributed by atoms with Gasteiger partial charge in [-0.05, 0) is 63.4 Å². The lowest BCUT2D eigenvalue weighted by Crippen LogP contribution is -2.44. The molecule has 0 bridgehead atoms. The number of hydrogen-bond donors (Lipinski definition) is 2. The molecule has 0 aromatic heterocycles. The van der Waals surface area contributed by atoms with E-state index in [-0.39, 0.29) is 5.41 Å². The van der Waals surface area contributed by atoms with Gasteiger partial charge in [0.15, 0.2) is 5.96 Å². The molecule has 156 valence electrons. The molecule has 0 saturated carbocycles. The standard InChI is InChI=1S/C22H36N4O2/c1-3-26-13-5-6-19(26)16-24-21(23)25-17-22(11-14-27-15-12-22)18-7-9-20(10-8-18)28-4-2/h7-10,19H,3-6,11-17H2,1-2H3,(H3,23,24,25). The fourth-order valence-corrected chi connectivity index (χ4v) is 4.43. The molecule has 2 fully saturated rings. The predicted molar refractivity (Wildman–Crippen MR) is 114 cm³/mol. The van der Waals surface area contributed by atoms with Gasteiger partial charge in [-0.1, -0.05) is 19.1 Å². The van der Waals surface area contributed by atoms with E-state index in [9.17, 15) is 0 Å². The monoisotopic (exact) mass is 388 g/mol. The molecule has 1 atom stereocenters. The minimum absolute atomic E-state index is 0.0158. The number of nitrogens with two attached hydrogens (primary N) is 1. The molecule has 6 heteroatoms. The van der Waals surface area contributed by atoms with Gasteiger partial charge in [-0.15, -0.1) is 0 Å². The van der Waals surface area contributed by atoms with Crippen molar-refractivity contribution in [3.05, 3.63) is 29.8 Å². The number of nitrogens with one attached hydrogen (secondary N) is 1. The SMILES string of the molecule is CCOc1ccc(C2(CN=C(N)NCC3CCCN3CC)CCOCC2)cc1. The number of benzene rings is 1. The van der Waals surface area contributed by atoms with Crippen LogP contribution in [0.3, 0.4) is 0 Å². The van der Waals surface area contributed by atoms with Gasteiger partial charge in [0, 0.05) is 31.2 Å². The number of likely N-dealkylation sites (N-methyl/N-ethyl adjacent to an activating group) is 1. The number of guanidine groups is 1. The summed E-state index contributed by atoms with van der Waals surface area (Å²) >= 11 is 0. The topological polar surface area (TPSA) is 72.1 Å². The minimum Gasteiger partial charge on any atom is -0.494 e. The van der Waals surface area contributed by atoms with Crippen molar-refractivity contribution in [3.63, 3.8) is 0 Å². The zero-order valence-corrected chi connectivity index (χ0v) is 17.5. The highest BCUT2D eigenvalue weighted by atomic mass is 16.5. The van der Waals surface area contributed by atoms with Gasteiger partial charge in [-0.25, -0.2) is 0 Å². The van der Waals surface area contributed by atoms with E-state index in [1.165, 1.54) is 24.9 Å². The van der Waals surface area contributed by atoms with Gasteiger partial charge in [0.25, 0.3) is 0 Å². The normalized spacial score (nSPS) is 22.9. The molecule has 0 aliphatic carbocycles. The van der Waals surface area contributed by atoms with Crippen molar-refractivity contribution in [1.82, 2.24) is 10.2 Å². The Morgan fingerprint density at radius 1 is 1.29 bits per heavy atom. The van der Waals surface area contributed by atoms with Gasteiger partial charge < -0.3 is 20.5 Å². The summed E-state index contributed by atoms with van der Waals surface area (Å²) in [5.41, 5.74) is 7.51. The molecule has 3 rings (SSSR count). The average Bonchev–Trinajstić information content (AvgIpc) is 3.20. The summed E-state index contributed by atoms with van der Waals surface area (Å²) in [4.78, 5) is 7.26. The minimum atomic E-state index is -0.0158. The van der Waals surface area contributed by atoms with Crippen LogP contribution in [0.15, 0.2) is 29.3 Å². The molecule has 3 N–H and O–H groups in total. The van der Waals surface area contributed by atoms with Crippen molar-refractivity contribution < 1.29 is 9.47 Å². The van der Waals surface area contributed by atoms with E-state index in [0.717, 1.165) is 44.9 Å².